The maximum atomic E-state index is 6.35. The van der Waals surface area contributed by atoms with Gasteiger partial charge in [0.15, 0.2) is 0 Å². The number of hydrogen-bond donors (Lipinski definition) is 0. The van der Waals surface area contributed by atoms with Crippen molar-refractivity contribution in [2.45, 2.75) is 47.0 Å². The van der Waals surface area contributed by atoms with Gasteiger partial charge in [0.2, 0.25) is 0 Å². The Balaban J connectivity index is 2.64. The highest BCUT2D eigenvalue weighted by Crippen LogP contribution is 2.34. The molecule has 2 aromatic rings. The van der Waals surface area contributed by atoms with Crippen molar-refractivity contribution < 1.29 is 0 Å². The van der Waals surface area contributed by atoms with E-state index in [-0.39, 0.29) is 5.41 Å². The third-order valence-corrected chi connectivity index (χ3v) is 3.98. The van der Waals surface area contributed by atoms with E-state index in [2.05, 4.69) is 39.7 Å². The van der Waals surface area contributed by atoms with Gasteiger partial charge in [-0.2, -0.15) is 5.10 Å². The topological polar surface area (TPSA) is 17.8 Å². The van der Waals surface area contributed by atoms with Gasteiger partial charge in [-0.05, 0) is 35.4 Å². The molecule has 0 spiro atoms. The van der Waals surface area contributed by atoms with Crippen LogP contribution in [0.2, 0.25) is 10.0 Å². The van der Waals surface area contributed by atoms with E-state index in [1.807, 2.05) is 29.1 Å². The summed E-state index contributed by atoms with van der Waals surface area (Å²) in [6.07, 6.45) is 2.85. The zero-order chi connectivity index (χ0) is 15.8. The second kappa shape index (κ2) is 6.02. The lowest BCUT2D eigenvalue weighted by molar-refractivity contribution is 0.399. The molecule has 0 aliphatic heterocycles. The second-order valence-corrected chi connectivity index (χ2v) is 7.74. The van der Waals surface area contributed by atoms with Crippen molar-refractivity contribution in [3.63, 3.8) is 0 Å². The van der Waals surface area contributed by atoms with E-state index in [1.165, 1.54) is 11.3 Å². The number of rotatable bonds is 3. The van der Waals surface area contributed by atoms with Crippen LogP contribution in [0, 0.1) is 5.41 Å². The smallest absolute Gasteiger partial charge is 0.102 e. The summed E-state index contributed by atoms with van der Waals surface area (Å²) in [6.45, 7) is 11.0. The molecule has 2 nitrogen and oxygen atoms in total. The predicted molar refractivity (Wildman–Crippen MR) is 90.8 cm³/mol. The Labute approximate surface area is 137 Å². The predicted octanol–water partition coefficient (Wildman–Crippen LogP) is 5.89. The highest BCUT2D eigenvalue weighted by molar-refractivity contribution is 6.37. The summed E-state index contributed by atoms with van der Waals surface area (Å²) in [5.74, 6) is 0.414. The van der Waals surface area contributed by atoms with Gasteiger partial charge in [-0.15, -0.1) is 0 Å². The fourth-order valence-corrected chi connectivity index (χ4v) is 2.99. The van der Waals surface area contributed by atoms with Crippen LogP contribution in [0.1, 0.15) is 51.8 Å². The first-order chi connectivity index (χ1) is 9.70. The van der Waals surface area contributed by atoms with E-state index < -0.39 is 0 Å². The van der Waals surface area contributed by atoms with Gasteiger partial charge in [-0.1, -0.05) is 63.9 Å². The van der Waals surface area contributed by atoms with E-state index in [0.717, 1.165) is 12.1 Å². The van der Waals surface area contributed by atoms with Gasteiger partial charge in [-0.3, -0.25) is 0 Å². The molecule has 1 aromatic carbocycles. The quantitative estimate of drug-likeness (QED) is 0.688. The lowest BCUT2D eigenvalue weighted by Gasteiger charge is -2.22. The Bertz CT molecular complexity index is 616. The van der Waals surface area contributed by atoms with Crippen molar-refractivity contribution in [1.82, 2.24) is 9.78 Å². The van der Waals surface area contributed by atoms with Gasteiger partial charge in [0.05, 0.1) is 16.2 Å². The fourth-order valence-electron chi connectivity index (χ4n) is 2.43. The zero-order valence-corrected chi connectivity index (χ0v) is 14.8. The van der Waals surface area contributed by atoms with E-state index >= 15 is 0 Å². The van der Waals surface area contributed by atoms with Gasteiger partial charge < -0.3 is 0 Å². The molecule has 1 heterocycles. The number of para-hydroxylation sites is 1. The summed E-state index contributed by atoms with van der Waals surface area (Å²) in [4.78, 5) is 0. The summed E-state index contributed by atoms with van der Waals surface area (Å²) in [6, 6.07) is 5.55. The molecular formula is C17H22Cl2N2. The van der Waals surface area contributed by atoms with Crippen LogP contribution in [0.15, 0.2) is 24.4 Å². The molecule has 0 aliphatic carbocycles. The Morgan fingerprint density at radius 3 is 2.19 bits per heavy atom. The molecule has 2 rings (SSSR count). The number of aromatic nitrogens is 2. The van der Waals surface area contributed by atoms with E-state index in [9.17, 15) is 0 Å². The molecule has 0 fully saturated rings. The highest BCUT2D eigenvalue weighted by Gasteiger charge is 2.22. The minimum Gasteiger partial charge on any atom is -0.234 e. The van der Waals surface area contributed by atoms with Crippen molar-refractivity contribution in [1.29, 1.82) is 0 Å². The average Bonchev–Trinajstić information content (AvgIpc) is 2.70. The van der Waals surface area contributed by atoms with Crippen LogP contribution in [-0.4, -0.2) is 9.78 Å². The van der Waals surface area contributed by atoms with Crippen LogP contribution in [-0.2, 0) is 6.42 Å². The summed E-state index contributed by atoms with van der Waals surface area (Å²) in [5.41, 5.74) is 3.37. The SMILES string of the molecule is CC(C)c1cnn(-c2c(Cl)cccc2Cl)c1CC(C)(C)C. The first-order valence-electron chi connectivity index (χ1n) is 7.22. The minimum absolute atomic E-state index is 0.162. The normalized spacial score (nSPS) is 12.2. The van der Waals surface area contributed by atoms with Crippen LogP contribution in [0.25, 0.3) is 5.69 Å². The Morgan fingerprint density at radius 2 is 1.71 bits per heavy atom. The molecule has 0 saturated heterocycles. The van der Waals surface area contributed by atoms with Crippen LogP contribution in [0.5, 0.6) is 0 Å². The molecular weight excluding hydrogens is 303 g/mol. The molecule has 0 unspecified atom stereocenters. The third kappa shape index (κ3) is 3.61. The zero-order valence-electron chi connectivity index (χ0n) is 13.2. The number of hydrogen-bond acceptors (Lipinski definition) is 1. The lowest BCUT2D eigenvalue weighted by atomic mass is 9.87. The van der Waals surface area contributed by atoms with Crippen molar-refractivity contribution in [2.24, 2.45) is 5.41 Å². The largest absolute Gasteiger partial charge is 0.234 e. The van der Waals surface area contributed by atoms with Gasteiger partial charge >= 0.3 is 0 Å². The van der Waals surface area contributed by atoms with Gasteiger partial charge in [0.25, 0.3) is 0 Å². The summed E-state index contributed by atoms with van der Waals surface area (Å²) >= 11 is 12.7. The standard InChI is InChI=1S/C17H22Cl2N2/c1-11(2)12-10-20-21(15(12)9-17(3,4)5)16-13(18)7-6-8-14(16)19/h6-8,10-11H,9H2,1-5H3. The second-order valence-electron chi connectivity index (χ2n) is 6.92. The highest BCUT2D eigenvalue weighted by atomic mass is 35.5. The number of nitrogens with zero attached hydrogens (tertiary/aromatic N) is 2. The van der Waals surface area contributed by atoms with Crippen LogP contribution in [0.3, 0.4) is 0 Å². The van der Waals surface area contributed by atoms with Crippen LogP contribution >= 0.6 is 23.2 Å². The molecule has 0 aliphatic rings. The third-order valence-electron chi connectivity index (χ3n) is 3.37. The van der Waals surface area contributed by atoms with Gasteiger partial charge in [-0.25, -0.2) is 4.68 Å². The Morgan fingerprint density at radius 1 is 1.14 bits per heavy atom. The molecule has 114 valence electrons. The lowest BCUT2D eigenvalue weighted by Crippen LogP contribution is -2.15. The minimum atomic E-state index is 0.162. The first kappa shape index (κ1) is 16.4. The first-order valence-corrected chi connectivity index (χ1v) is 7.97. The van der Waals surface area contributed by atoms with Gasteiger partial charge in [0, 0.05) is 5.69 Å². The maximum Gasteiger partial charge on any atom is 0.102 e. The number of benzene rings is 1. The monoisotopic (exact) mass is 324 g/mol. The number of halogens is 2. The van der Waals surface area contributed by atoms with E-state index in [4.69, 9.17) is 23.2 Å². The molecule has 0 amide bonds. The van der Waals surface area contributed by atoms with E-state index in [0.29, 0.717) is 16.0 Å². The molecule has 1 aromatic heterocycles. The average molecular weight is 325 g/mol. The summed E-state index contributed by atoms with van der Waals surface area (Å²) in [5, 5.41) is 5.80. The van der Waals surface area contributed by atoms with Crippen molar-refractivity contribution in [3.05, 3.63) is 45.7 Å². The Kier molecular flexibility index (Phi) is 4.69. The Hall–Kier alpha value is -0.990. The maximum absolute atomic E-state index is 6.35. The van der Waals surface area contributed by atoms with Crippen LogP contribution in [0.4, 0.5) is 0 Å². The van der Waals surface area contributed by atoms with E-state index in [1.54, 1.807) is 0 Å². The molecule has 0 bridgehead atoms. The molecule has 0 N–H and O–H groups in total. The summed E-state index contributed by atoms with van der Waals surface area (Å²) in [7, 11) is 0. The van der Waals surface area contributed by atoms with Crippen LogP contribution < -0.4 is 0 Å². The molecule has 0 saturated carbocycles. The molecule has 0 radical (unpaired) electrons. The van der Waals surface area contributed by atoms with Crippen molar-refractivity contribution in [2.75, 3.05) is 0 Å². The van der Waals surface area contributed by atoms with Crippen molar-refractivity contribution >= 4 is 23.2 Å². The van der Waals surface area contributed by atoms with Crippen molar-refractivity contribution in [3.8, 4) is 5.69 Å². The molecule has 0 atom stereocenters. The van der Waals surface area contributed by atoms with Gasteiger partial charge in [0.1, 0.15) is 5.69 Å². The fraction of sp³-hybridized carbons (Fsp3) is 0.471. The summed E-state index contributed by atoms with van der Waals surface area (Å²) < 4.78 is 1.91. The molecule has 4 heteroatoms. The molecule has 21 heavy (non-hydrogen) atoms.